The second-order valence-corrected chi connectivity index (χ2v) is 4.23. The van der Waals surface area contributed by atoms with Gasteiger partial charge >= 0.3 is 0 Å². The number of amides is 1. The van der Waals surface area contributed by atoms with Crippen molar-refractivity contribution in [3.8, 4) is 0 Å². The van der Waals surface area contributed by atoms with Crippen LogP contribution in [0.3, 0.4) is 0 Å². The third kappa shape index (κ3) is 3.66. The van der Waals surface area contributed by atoms with Gasteiger partial charge in [0.2, 0.25) is 5.91 Å². The fourth-order valence-electron chi connectivity index (χ4n) is 1.60. The monoisotopic (exact) mass is 221 g/mol. The molecule has 0 spiro atoms. The van der Waals surface area contributed by atoms with Crippen molar-refractivity contribution < 1.29 is 9.90 Å². The average Bonchev–Trinajstić information content (AvgIpc) is 2.20. The van der Waals surface area contributed by atoms with Crippen LogP contribution in [0.2, 0.25) is 0 Å². The fourth-order valence-corrected chi connectivity index (χ4v) is 1.60. The smallest absolute Gasteiger partial charge is 0.226 e. The summed E-state index contributed by atoms with van der Waals surface area (Å²) in [5, 5.41) is 9.20. The number of aliphatic hydroxyl groups excluding tert-OH is 1. The lowest BCUT2D eigenvalue weighted by atomic mass is 10.1. The predicted molar refractivity (Wildman–Crippen MR) is 64.2 cm³/mol. The van der Waals surface area contributed by atoms with Crippen LogP contribution in [-0.2, 0) is 11.2 Å². The summed E-state index contributed by atoms with van der Waals surface area (Å²) in [6.07, 6.45) is -0.0820. The van der Waals surface area contributed by atoms with Crippen molar-refractivity contribution in [2.45, 2.75) is 26.4 Å². The van der Waals surface area contributed by atoms with Gasteiger partial charge in [-0.15, -0.1) is 0 Å². The van der Waals surface area contributed by atoms with Crippen LogP contribution in [0, 0.1) is 6.92 Å². The molecule has 0 aromatic heterocycles. The molecule has 0 aliphatic carbocycles. The van der Waals surface area contributed by atoms with Gasteiger partial charge in [-0.25, -0.2) is 0 Å². The van der Waals surface area contributed by atoms with Crippen LogP contribution >= 0.6 is 0 Å². The van der Waals surface area contributed by atoms with Gasteiger partial charge in [0.15, 0.2) is 0 Å². The van der Waals surface area contributed by atoms with Crippen molar-refractivity contribution in [3.05, 3.63) is 35.4 Å². The highest BCUT2D eigenvalue weighted by Gasteiger charge is 2.12. The lowest BCUT2D eigenvalue weighted by Gasteiger charge is -2.19. The molecule has 0 aliphatic rings. The highest BCUT2D eigenvalue weighted by molar-refractivity contribution is 5.78. The van der Waals surface area contributed by atoms with Crippen molar-refractivity contribution in [2.75, 3.05) is 13.6 Å². The van der Waals surface area contributed by atoms with Crippen molar-refractivity contribution >= 4 is 5.91 Å². The summed E-state index contributed by atoms with van der Waals surface area (Å²) in [4.78, 5) is 13.4. The number of hydrogen-bond acceptors (Lipinski definition) is 2. The number of aliphatic hydroxyl groups is 1. The van der Waals surface area contributed by atoms with E-state index in [2.05, 4.69) is 0 Å². The topological polar surface area (TPSA) is 40.5 Å². The van der Waals surface area contributed by atoms with Gasteiger partial charge in [0.1, 0.15) is 0 Å². The van der Waals surface area contributed by atoms with Crippen LogP contribution in [0.25, 0.3) is 0 Å². The number of aryl methyl sites for hydroxylation is 1. The Labute approximate surface area is 96.7 Å². The van der Waals surface area contributed by atoms with E-state index >= 15 is 0 Å². The lowest BCUT2D eigenvalue weighted by molar-refractivity contribution is -0.130. The Morgan fingerprint density at radius 3 is 2.62 bits per heavy atom. The van der Waals surface area contributed by atoms with Crippen LogP contribution in [0.4, 0.5) is 0 Å². The molecule has 1 aromatic rings. The van der Waals surface area contributed by atoms with E-state index in [0.29, 0.717) is 13.0 Å². The molecular formula is C13H19NO2. The van der Waals surface area contributed by atoms with Gasteiger partial charge in [-0.3, -0.25) is 4.79 Å². The Hall–Kier alpha value is -1.35. The van der Waals surface area contributed by atoms with E-state index in [-0.39, 0.29) is 5.91 Å². The first-order valence-electron chi connectivity index (χ1n) is 5.47. The molecule has 0 bridgehead atoms. The number of carbonyl (C=O) groups excluding carboxylic acids is 1. The minimum absolute atomic E-state index is 0.0372. The first-order chi connectivity index (χ1) is 7.50. The molecule has 0 heterocycles. The zero-order valence-corrected chi connectivity index (χ0v) is 10.1. The second-order valence-electron chi connectivity index (χ2n) is 4.23. The number of likely N-dealkylation sites (N-methyl/N-ethyl adjacent to an activating group) is 1. The van der Waals surface area contributed by atoms with Gasteiger partial charge in [-0.1, -0.05) is 24.3 Å². The molecule has 0 saturated carbocycles. The zero-order chi connectivity index (χ0) is 12.1. The van der Waals surface area contributed by atoms with E-state index in [9.17, 15) is 9.90 Å². The maximum atomic E-state index is 11.8. The van der Waals surface area contributed by atoms with Crippen LogP contribution in [0.15, 0.2) is 24.3 Å². The van der Waals surface area contributed by atoms with Gasteiger partial charge in [-0.05, 0) is 25.0 Å². The molecule has 16 heavy (non-hydrogen) atoms. The first-order valence-corrected chi connectivity index (χ1v) is 5.47. The number of rotatable bonds is 4. The predicted octanol–water partition coefficient (Wildman–Crippen LogP) is 1.38. The van der Waals surface area contributed by atoms with Gasteiger partial charge < -0.3 is 10.0 Å². The van der Waals surface area contributed by atoms with Crippen molar-refractivity contribution in [3.63, 3.8) is 0 Å². The van der Waals surface area contributed by atoms with Gasteiger partial charge in [-0.2, -0.15) is 0 Å². The number of benzene rings is 1. The highest BCUT2D eigenvalue weighted by Crippen LogP contribution is 2.08. The van der Waals surface area contributed by atoms with E-state index in [0.717, 1.165) is 11.1 Å². The summed E-state index contributed by atoms with van der Waals surface area (Å²) in [6, 6.07) is 7.85. The second kappa shape index (κ2) is 5.66. The van der Waals surface area contributed by atoms with Crippen LogP contribution in [0.5, 0.6) is 0 Å². The van der Waals surface area contributed by atoms with Gasteiger partial charge in [0.25, 0.3) is 0 Å². The molecule has 1 atom stereocenters. The molecule has 1 unspecified atom stereocenters. The summed E-state index contributed by atoms with van der Waals surface area (Å²) in [6.45, 7) is 4.06. The summed E-state index contributed by atoms with van der Waals surface area (Å²) in [7, 11) is 1.72. The molecule has 88 valence electrons. The number of hydrogen-bond donors (Lipinski definition) is 1. The standard InChI is InChI=1S/C13H19NO2/c1-10-6-4-5-7-12(10)8-13(16)14(3)9-11(2)15/h4-7,11,15H,8-9H2,1-3H3. The molecule has 0 saturated heterocycles. The van der Waals surface area contributed by atoms with E-state index in [1.54, 1.807) is 18.9 Å². The Morgan fingerprint density at radius 1 is 1.44 bits per heavy atom. The van der Waals surface area contributed by atoms with E-state index < -0.39 is 6.10 Å². The molecule has 1 N–H and O–H groups in total. The third-order valence-corrected chi connectivity index (χ3v) is 2.57. The van der Waals surface area contributed by atoms with Crippen LogP contribution in [0.1, 0.15) is 18.1 Å². The van der Waals surface area contributed by atoms with Crippen molar-refractivity contribution in [1.82, 2.24) is 4.90 Å². The van der Waals surface area contributed by atoms with Gasteiger partial charge in [0.05, 0.1) is 12.5 Å². The third-order valence-electron chi connectivity index (χ3n) is 2.57. The average molecular weight is 221 g/mol. The maximum absolute atomic E-state index is 11.8. The van der Waals surface area contributed by atoms with E-state index in [1.165, 1.54) is 0 Å². The largest absolute Gasteiger partial charge is 0.392 e. The minimum atomic E-state index is -0.481. The molecule has 0 aliphatic heterocycles. The molecule has 0 radical (unpaired) electrons. The van der Waals surface area contributed by atoms with Crippen molar-refractivity contribution in [1.29, 1.82) is 0 Å². The lowest BCUT2D eigenvalue weighted by Crippen LogP contribution is -2.34. The molecule has 1 aromatic carbocycles. The molecule has 1 rings (SSSR count). The SMILES string of the molecule is Cc1ccccc1CC(=O)N(C)CC(C)O. The molecule has 3 nitrogen and oxygen atoms in total. The fraction of sp³-hybridized carbons (Fsp3) is 0.462. The molecule has 1 amide bonds. The van der Waals surface area contributed by atoms with Gasteiger partial charge in [0, 0.05) is 13.6 Å². The van der Waals surface area contributed by atoms with Crippen LogP contribution in [-0.4, -0.2) is 35.6 Å². The molecule has 0 fully saturated rings. The van der Waals surface area contributed by atoms with E-state index in [1.807, 2.05) is 31.2 Å². The zero-order valence-electron chi connectivity index (χ0n) is 10.1. The Morgan fingerprint density at radius 2 is 2.06 bits per heavy atom. The number of nitrogens with zero attached hydrogens (tertiary/aromatic N) is 1. The minimum Gasteiger partial charge on any atom is -0.392 e. The molecular weight excluding hydrogens is 202 g/mol. The summed E-state index contributed by atoms with van der Waals surface area (Å²) in [5.41, 5.74) is 2.17. The number of carbonyl (C=O) groups is 1. The van der Waals surface area contributed by atoms with Crippen molar-refractivity contribution in [2.24, 2.45) is 0 Å². The Bertz CT molecular complexity index is 361. The Kier molecular flexibility index (Phi) is 4.50. The quantitative estimate of drug-likeness (QED) is 0.834. The summed E-state index contributed by atoms with van der Waals surface area (Å²) >= 11 is 0. The maximum Gasteiger partial charge on any atom is 0.226 e. The van der Waals surface area contributed by atoms with E-state index in [4.69, 9.17) is 0 Å². The Balaban J connectivity index is 2.61. The normalized spacial score (nSPS) is 12.2. The molecule has 3 heteroatoms. The highest BCUT2D eigenvalue weighted by atomic mass is 16.3. The summed E-state index contributed by atoms with van der Waals surface area (Å²) < 4.78 is 0. The summed E-state index contributed by atoms with van der Waals surface area (Å²) in [5.74, 6) is 0.0372. The van der Waals surface area contributed by atoms with Crippen LogP contribution < -0.4 is 0 Å². The first kappa shape index (κ1) is 12.7.